The van der Waals surface area contributed by atoms with E-state index in [0.717, 1.165) is 47.5 Å². The number of nitrogens with zero attached hydrogens (tertiary/aromatic N) is 3. The first-order chi connectivity index (χ1) is 17.5. The third-order valence-electron chi connectivity index (χ3n) is 6.52. The molecule has 4 aromatic rings. The van der Waals surface area contributed by atoms with Gasteiger partial charge in [-0.2, -0.15) is 0 Å². The standard InChI is InChI=1S/C31H36N4O/c1-5-7-21-27(23-15-10-8-11-16-23)32-31(36)29-28(25-19-14-20-26(22-25)34(3)4)33-30(35(29)6-2)24-17-12-9-13-18-24/h8-20,22,27H,5-7,21H2,1-4H3,(H,32,36). The van der Waals surface area contributed by atoms with Gasteiger partial charge in [0.2, 0.25) is 0 Å². The van der Waals surface area contributed by atoms with Crippen LogP contribution in [-0.2, 0) is 6.54 Å². The third kappa shape index (κ3) is 5.51. The van der Waals surface area contributed by atoms with Gasteiger partial charge in [0.25, 0.3) is 5.91 Å². The zero-order valence-electron chi connectivity index (χ0n) is 21.7. The molecule has 0 spiro atoms. The fourth-order valence-corrected chi connectivity index (χ4v) is 4.57. The van der Waals surface area contributed by atoms with E-state index in [2.05, 4.69) is 48.3 Å². The molecule has 1 atom stereocenters. The highest BCUT2D eigenvalue weighted by Gasteiger charge is 2.26. The smallest absolute Gasteiger partial charge is 0.270 e. The van der Waals surface area contributed by atoms with Crippen LogP contribution in [0.4, 0.5) is 5.69 Å². The first-order valence-electron chi connectivity index (χ1n) is 12.8. The Morgan fingerprint density at radius 3 is 2.22 bits per heavy atom. The topological polar surface area (TPSA) is 50.2 Å². The summed E-state index contributed by atoms with van der Waals surface area (Å²) >= 11 is 0. The number of imidazole rings is 1. The van der Waals surface area contributed by atoms with Crippen molar-refractivity contribution in [3.05, 3.63) is 96.2 Å². The molecule has 36 heavy (non-hydrogen) atoms. The van der Waals surface area contributed by atoms with Gasteiger partial charge in [0.15, 0.2) is 0 Å². The number of carbonyl (C=O) groups excluding carboxylic acids is 1. The van der Waals surface area contributed by atoms with Crippen molar-refractivity contribution >= 4 is 11.6 Å². The lowest BCUT2D eigenvalue weighted by molar-refractivity contribution is 0.0925. The molecule has 0 saturated heterocycles. The van der Waals surface area contributed by atoms with Crippen molar-refractivity contribution in [2.24, 2.45) is 0 Å². The molecule has 1 amide bonds. The molecule has 0 bridgehead atoms. The molecule has 0 aliphatic heterocycles. The Balaban J connectivity index is 1.83. The molecule has 3 aromatic carbocycles. The zero-order valence-corrected chi connectivity index (χ0v) is 21.7. The summed E-state index contributed by atoms with van der Waals surface area (Å²) in [6, 6.07) is 28.5. The first-order valence-corrected chi connectivity index (χ1v) is 12.8. The van der Waals surface area contributed by atoms with E-state index in [1.807, 2.05) is 79.3 Å². The SMILES string of the molecule is CCCCC(NC(=O)c1c(-c2cccc(N(C)C)c2)nc(-c2ccccc2)n1CC)c1ccccc1. The van der Waals surface area contributed by atoms with Crippen LogP contribution < -0.4 is 10.2 Å². The van der Waals surface area contributed by atoms with Crippen LogP contribution in [0.25, 0.3) is 22.6 Å². The second-order valence-corrected chi connectivity index (χ2v) is 9.27. The van der Waals surface area contributed by atoms with E-state index in [1.54, 1.807) is 0 Å². The number of hydrogen-bond donors (Lipinski definition) is 1. The minimum Gasteiger partial charge on any atom is -0.378 e. The van der Waals surface area contributed by atoms with E-state index in [1.165, 1.54) is 0 Å². The Hall–Kier alpha value is -3.86. The molecule has 1 unspecified atom stereocenters. The molecule has 0 fully saturated rings. The van der Waals surface area contributed by atoms with Crippen LogP contribution in [0.15, 0.2) is 84.9 Å². The highest BCUT2D eigenvalue weighted by atomic mass is 16.2. The first kappa shape index (κ1) is 25.2. The molecule has 1 aromatic heterocycles. The molecule has 0 aliphatic rings. The predicted octanol–water partition coefficient (Wildman–Crippen LogP) is 6.96. The maximum Gasteiger partial charge on any atom is 0.270 e. The monoisotopic (exact) mass is 480 g/mol. The highest BCUT2D eigenvalue weighted by Crippen LogP contribution is 2.32. The summed E-state index contributed by atoms with van der Waals surface area (Å²) in [6.45, 7) is 4.88. The van der Waals surface area contributed by atoms with Gasteiger partial charge in [-0.25, -0.2) is 4.98 Å². The van der Waals surface area contributed by atoms with Crippen LogP contribution in [0.2, 0.25) is 0 Å². The predicted molar refractivity (Wildman–Crippen MR) is 149 cm³/mol. The quantitative estimate of drug-likeness (QED) is 0.267. The van der Waals surface area contributed by atoms with Crippen molar-refractivity contribution in [2.45, 2.75) is 45.7 Å². The molecule has 186 valence electrons. The summed E-state index contributed by atoms with van der Waals surface area (Å²) in [4.78, 5) is 21.2. The molecule has 5 heteroatoms. The number of anilines is 1. The number of aromatic nitrogens is 2. The van der Waals surface area contributed by atoms with Crippen molar-refractivity contribution in [3.8, 4) is 22.6 Å². The van der Waals surface area contributed by atoms with Crippen molar-refractivity contribution in [1.29, 1.82) is 0 Å². The highest BCUT2D eigenvalue weighted by molar-refractivity contribution is 6.00. The molecule has 0 saturated carbocycles. The van der Waals surface area contributed by atoms with Crippen molar-refractivity contribution in [3.63, 3.8) is 0 Å². The fourth-order valence-electron chi connectivity index (χ4n) is 4.57. The van der Waals surface area contributed by atoms with Crippen LogP contribution >= 0.6 is 0 Å². The summed E-state index contributed by atoms with van der Waals surface area (Å²) in [5.41, 5.74) is 5.43. The van der Waals surface area contributed by atoms with E-state index in [-0.39, 0.29) is 11.9 Å². The maximum atomic E-state index is 14.0. The van der Waals surface area contributed by atoms with Crippen molar-refractivity contribution < 1.29 is 4.79 Å². The normalized spacial score (nSPS) is 11.8. The Morgan fingerprint density at radius 1 is 0.917 bits per heavy atom. The lowest BCUT2D eigenvalue weighted by atomic mass is 10.0. The largest absolute Gasteiger partial charge is 0.378 e. The summed E-state index contributed by atoms with van der Waals surface area (Å²) in [5, 5.41) is 3.36. The summed E-state index contributed by atoms with van der Waals surface area (Å²) in [7, 11) is 4.04. The van der Waals surface area contributed by atoms with E-state index < -0.39 is 0 Å². The Bertz CT molecular complexity index is 1280. The second-order valence-electron chi connectivity index (χ2n) is 9.27. The van der Waals surface area contributed by atoms with Gasteiger partial charge in [-0.1, -0.05) is 92.6 Å². The minimum atomic E-state index is -0.0956. The van der Waals surface area contributed by atoms with Gasteiger partial charge in [0.1, 0.15) is 17.2 Å². The molecule has 1 N–H and O–H groups in total. The summed E-state index contributed by atoms with van der Waals surface area (Å²) < 4.78 is 2.05. The Morgan fingerprint density at radius 2 is 1.58 bits per heavy atom. The average molecular weight is 481 g/mol. The van der Waals surface area contributed by atoms with Crippen molar-refractivity contribution in [1.82, 2.24) is 14.9 Å². The van der Waals surface area contributed by atoms with E-state index >= 15 is 0 Å². The average Bonchev–Trinajstić information content (AvgIpc) is 3.32. The second kappa shape index (κ2) is 11.7. The number of hydrogen-bond acceptors (Lipinski definition) is 3. The lowest BCUT2D eigenvalue weighted by Gasteiger charge is -2.20. The van der Waals surface area contributed by atoms with Crippen LogP contribution in [-0.4, -0.2) is 29.6 Å². The molecule has 1 heterocycles. The van der Waals surface area contributed by atoms with Crippen LogP contribution in [0, 0.1) is 0 Å². The zero-order chi connectivity index (χ0) is 25.5. The van der Waals surface area contributed by atoms with E-state index in [0.29, 0.717) is 17.9 Å². The van der Waals surface area contributed by atoms with Crippen LogP contribution in [0.5, 0.6) is 0 Å². The Labute approximate surface area is 214 Å². The summed E-state index contributed by atoms with van der Waals surface area (Å²) in [5.74, 6) is 0.708. The molecule has 0 radical (unpaired) electrons. The lowest BCUT2D eigenvalue weighted by Crippen LogP contribution is -2.31. The third-order valence-corrected chi connectivity index (χ3v) is 6.52. The van der Waals surface area contributed by atoms with Gasteiger partial charge in [-0.05, 0) is 31.0 Å². The van der Waals surface area contributed by atoms with Gasteiger partial charge in [0.05, 0.1) is 6.04 Å². The van der Waals surface area contributed by atoms with E-state index in [9.17, 15) is 4.79 Å². The molecule has 5 nitrogen and oxygen atoms in total. The van der Waals surface area contributed by atoms with Gasteiger partial charge in [-0.15, -0.1) is 0 Å². The number of amides is 1. The van der Waals surface area contributed by atoms with Gasteiger partial charge >= 0.3 is 0 Å². The van der Waals surface area contributed by atoms with Crippen molar-refractivity contribution in [2.75, 3.05) is 19.0 Å². The number of rotatable bonds is 10. The van der Waals surface area contributed by atoms with E-state index in [4.69, 9.17) is 4.98 Å². The fraction of sp³-hybridized carbons (Fsp3) is 0.290. The maximum absolute atomic E-state index is 14.0. The summed E-state index contributed by atoms with van der Waals surface area (Å²) in [6.07, 6.45) is 3.01. The number of carbonyl (C=O) groups is 1. The van der Waals surface area contributed by atoms with Gasteiger partial charge < -0.3 is 14.8 Å². The number of nitrogens with one attached hydrogen (secondary N) is 1. The molecular weight excluding hydrogens is 444 g/mol. The number of unbranched alkanes of at least 4 members (excludes halogenated alkanes) is 1. The van der Waals surface area contributed by atoms with Gasteiger partial charge in [0, 0.05) is 37.5 Å². The molecule has 4 rings (SSSR count). The molecular formula is C31H36N4O. The van der Waals surface area contributed by atoms with Gasteiger partial charge in [-0.3, -0.25) is 4.79 Å². The Kier molecular flexibility index (Phi) is 8.21. The van der Waals surface area contributed by atoms with Crippen LogP contribution in [0.1, 0.15) is 55.2 Å². The van der Waals surface area contributed by atoms with Crippen LogP contribution in [0.3, 0.4) is 0 Å². The minimum absolute atomic E-state index is 0.0556. The number of benzene rings is 3. The molecule has 0 aliphatic carbocycles.